The summed E-state index contributed by atoms with van der Waals surface area (Å²) in [4.78, 5) is 21.5. The van der Waals surface area contributed by atoms with Crippen LogP contribution in [0.25, 0.3) is 0 Å². The second kappa shape index (κ2) is 10.4. The number of unbranched alkanes of at least 4 members (excludes halogenated alkanes) is 5. The monoisotopic (exact) mass is 230 g/mol. The van der Waals surface area contributed by atoms with Gasteiger partial charge in [0, 0.05) is 0 Å². The number of hydrogen-bond donors (Lipinski definition) is 0. The van der Waals surface area contributed by atoms with E-state index >= 15 is 0 Å². The molecule has 0 atom stereocenters. The van der Waals surface area contributed by atoms with Gasteiger partial charge in [-0.2, -0.15) is 5.01 Å². The van der Waals surface area contributed by atoms with Crippen molar-refractivity contribution in [3.05, 3.63) is 4.91 Å². The lowest BCUT2D eigenvalue weighted by Gasteiger charge is -2.12. The minimum Gasteiger partial charge on any atom is -0.448 e. The standard InChI is InChI=1S/C11H22N2O3/c1-3-5-6-7-8-9-10-13(12-15)11(14)16-4-2/h3-10H2,1-2H3. The van der Waals surface area contributed by atoms with Gasteiger partial charge in [-0.1, -0.05) is 39.0 Å². The van der Waals surface area contributed by atoms with Gasteiger partial charge in [-0.25, -0.2) is 4.79 Å². The van der Waals surface area contributed by atoms with Gasteiger partial charge in [0.15, 0.2) is 0 Å². The Balaban J connectivity index is 3.55. The number of carbonyl (C=O) groups excluding carboxylic acids is 1. The van der Waals surface area contributed by atoms with Crippen molar-refractivity contribution in [1.82, 2.24) is 5.01 Å². The second-order valence-electron chi connectivity index (χ2n) is 3.67. The van der Waals surface area contributed by atoms with Gasteiger partial charge < -0.3 is 4.74 Å². The number of ether oxygens (including phenoxy) is 1. The first-order valence-corrected chi connectivity index (χ1v) is 6.03. The topological polar surface area (TPSA) is 59.0 Å². The largest absolute Gasteiger partial charge is 0.448 e. The highest BCUT2D eigenvalue weighted by Gasteiger charge is 2.13. The van der Waals surface area contributed by atoms with Crippen LogP contribution in [0.1, 0.15) is 52.4 Å². The maximum absolute atomic E-state index is 11.2. The van der Waals surface area contributed by atoms with Crippen LogP contribution in [0.15, 0.2) is 5.29 Å². The Morgan fingerprint density at radius 3 is 2.31 bits per heavy atom. The molecule has 0 aromatic carbocycles. The highest BCUT2D eigenvalue weighted by atomic mass is 16.6. The predicted octanol–water partition coefficient (Wildman–Crippen LogP) is 3.49. The highest BCUT2D eigenvalue weighted by Crippen LogP contribution is 2.06. The average Bonchev–Trinajstić information content (AvgIpc) is 2.28. The SMILES string of the molecule is CCCCCCCCN(N=O)C(=O)OCC. The van der Waals surface area contributed by atoms with Gasteiger partial charge >= 0.3 is 6.09 Å². The van der Waals surface area contributed by atoms with Crippen molar-refractivity contribution >= 4 is 6.09 Å². The van der Waals surface area contributed by atoms with Gasteiger partial charge in [0.25, 0.3) is 0 Å². The van der Waals surface area contributed by atoms with Crippen molar-refractivity contribution in [1.29, 1.82) is 0 Å². The van der Waals surface area contributed by atoms with Crippen LogP contribution in [0, 0.1) is 4.91 Å². The van der Waals surface area contributed by atoms with Gasteiger partial charge in [0.05, 0.1) is 18.4 Å². The summed E-state index contributed by atoms with van der Waals surface area (Å²) in [7, 11) is 0. The second-order valence-corrected chi connectivity index (χ2v) is 3.67. The molecule has 0 heterocycles. The lowest BCUT2D eigenvalue weighted by molar-refractivity contribution is 0.107. The number of hydrogen-bond acceptors (Lipinski definition) is 4. The van der Waals surface area contributed by atoms with E-state index in [0.29, 0.717) is 6.54 Å². The Morgan fingerprint density at radius 1 is 1.12 bits per heavy atom. The number of rotatable bonds is 9. The molecule has 0 fully saturated rings. The zero-order valence-electron chi connectivity index (χ0n) is 10.3. The molecule has 0 aromatic rings. The van der Waals surface area contributed by atoms with Gasteiger partial charge in [-0.3, -0.25) is 0 Å². The van der Waals surface area contributed by atoms with E-state index in [4.69, 9.17) is 0 Å². The number of carbonyl (C=O) groups is 1. The van der Waals surface area contributed by atoms with Crippen molar-refractivity contribution in [2.75, 3.05) is 13.2 Å². The fourth-order valence-electron chi connectivity index (χ4n) is 1.41. The van der Waals surface area contributed by atoms with Crippen LogP contribution in [0.4, 0.5) is 4.79 Å². The van der Waals surface area contributed by atoms with Crippen LogP contribution in [-0.4, -0.2) is 24.3 Å². The van der Waals surface area contributed by atoms with E-state index in [9.17, 15) is 9.70 Å². The van der Waals surface area contributed by atoms with E-state index in [1.165, 1.54) is 19.3 Å². The zero-order valence-corrected chi connectivity index (χ0v) is 10.3. The molecule has 0 bridgehead atoms. The molecular formula is C11H22N2O3. The molecule has 0 saturated heterocycles. The summed E-state index contributed by atoms with van der Waals surface area (Å²) in [6.07, 6.45) is 5.98. The maximum Gasteiger partial charge on any atom is 0.432 e. The molecule has 0 aliphatic carbocycles. The first kappa shape index (κ1) is 14.9. The van der Waals surface area contributed by atoms with Crippen LogP contribution in [0.2, 0.25) is 0 Å². The van der Waals surface area contributed by atoms with Crippen molar-refractivity contribution in [3.63, 3.8) is 0 Å². The highest BCUT2D eigenvalue weighted by molar-refractivity contribution is 5.66. The van der Waals surface area contributed by atoms with Gasteiger partial charge in [0.1, 0.15) is 0 Å². The fourth-order valence-corrected chi connectivity index (χ4v) is 1.41. The molecule has 16 heavy (non-hydrogen) atoms. The molecule has 1 amide bonds. The Bertz CT molecular complexity index is 198. The van der Waals surface area contributed by atoms with Crippen LogP contribution in [-0.2, 0) is 4.74 Å². The number of nitroso groups, excluding NO2 is 1. The first-order valence-electron chi connectivity index (χ1n) is 6.03. The predicted molar refractivity (Wildman–Crippen MR) is 62.9 cm³/mol. The molecular weight excluding hydrogens is 208 g/mol. The van der Waals surface area contributed by atoms with Gasteiger partial charge in [-0.15, -0.1) is 4.91 Å². The van der Waals surface area contributed by atoms with E-state index in [0.717, 1.165) is 24.3 Å². The summed E-state index contributed by atoms with van der Waals surface area (Å²) >= 11 is 0. The lowest BCUT2D eigenvalue weighted by atomic mass is 10.1. The Labute approximate surface area is 97.1 Å². The molecule has 0 unspecified atom stereocenters. The third kappa shape index (κ3) is 7.20. The molecule has 0 spiro atoms. The summed E-state index contributed by atoms with van der Waals surface area (Å²) in [5, 5.41) is 3.50. The van der Waals surface area contributed by atoms with Gasteiger partial charge in [-0.05, 0) is 13.3 Å². The molecule has 0 radical (unpaired) electrons. The Morgan fingerprint density at radius 2 is 1.75 bits per heavy atom. The fraction of sp³-hybridized carbons (Fsp3) is 0.909. The minimum absolute atomic E-state index is 0.265. The summed E-state index contributed by atoms with van der Waals surface area (Å²) in [5.74, 6) is 0. The smallest absolute Gasteiger partial charge is 0.432 e. The van der Waals surface area contributed by atoms with Crippen LogP contribution >= 0.6 is 0 Å². The molecule has 94 valence electrons. The molecule has 0 aromatic heterocycles. The number of amides is 1. The third-order valence-electron chi connectivity index (χ3n) is 2.30. The summed E-state index contributed by atoms with van der Waals surface area (Å²) in [6, 6.07) is 0. The van der Waals surface area contributed by atoms with E-state index in [1.54, 1.807) is 6.92 Å². The zero-order chi connectivity index (χ0) is 12.2. The third-order valence-corrected chi connectivity index (χ3v) is 2.30. The molecule has 0 saturated carbocycles. The Hall–Kier alpha value is -1.13. The molecule has 0 rings (SSSR count). The molecule has 5 heteroatoms. The summed E-state index contributed by atoms with van der Waals surface area (Å²) in [5.41, 5.74) is 0. The quantitative estimate of drug-likeness (QED) is 0.346. The van der Waals surface area contributed by atoms with Crippen molar-refractivity contribution < 1.29 is 9.53 Å². The normalized spacial score (nSPS) is 9.88. The average molecular weight is 230 g/mol. The lowest BCUT2D eigenvalue weighted by Crippen LogP contribution is -2.27. The van der Waals surface area contributed by atoms with Crippen molar-refractivity contribution in [2.45, 2.75) is 52.4 Å². The summed E-state index contributed by atoms with van der Waals surface area (Å²) in [6.45, 7) is 4.49. The van der Waals surface area contributed by atoms with Crippen LogP contribution in [0.5, 0.6) is 0 Å². The Kier molecular flexibility index (Phi) is 9.66. The molecule has 0 N–H and O–H groups in total. The molecule has 0 aliphatic rings. The molecule has 5 nitrogen and oxygen atoms in total. The maximum atomic E-state index is 11.2. The summed E-state index contributed by atoms with van der Waals surface area (Å²) < 4.78 is 4.68. The van der Waals surface area contributed by atoms with E-state index in [-0.39, 0.29) is 6.61 Å². The van der Waals surface area contributed by atoms with Crippen molar-refractivity contribution in [3.8, 4) is 0 Å². The van der Waals surface area contributed by atoms with E-state index in [2.05, 4.69) is 16.9 Å². The molecule has 0 aliphatic heterocycles. The minimum atomic E-state index is -0.647. The van der Waals surface area contributed by atoms with Crippen molar-refractivity contribution in [2.24, 2.45) is 5.29 Å². The van der Waals surface area contributed by atoms with Crippen LogP contribution < -0.4 is 0 Å². The van der Waals surface area contributed by atoms with E-state index in [1.807, 2.05) is 0 Å². The van der Waals surface area contributed by atoms with Gasteiger partial charge in [0.2, 0.25) is 0 Å². The number of nitrogens with zero attached hydrogens (tertiary/aromatic N) is 2. The van der Waals surface area contributed by atoms with E-state index < -0.39 is 6.09 Å². The van der Waals surface area contributed by atoms with Crippen LogP contribution in [0.3, 0.4) is 0 Å². The first-order chi connectivity index (χ1) is 7.76.